The van der Waals surface area contributed by atoms with Gasteiger partial charge in [-0.25, -0.2) is 0 Å². The highest BCUT2D eigenvalue weighted by molar-refractivity contribution is 5.80. The summed E-state index contributed by atoms with van der Waals surface area (Å²) >= 11 is 0. The minimum absolute atomic E-state index is 0.0181. The van der Waals surface area contributed by atoms with E-state index < -0.39 is 24.7 Å². The fourth-order valence-corrected chi connectivity index (χ4v) is 1.84. The van der Waals surface area contributed by atoms with Crippen molar-refractivity contribution in [3.8, 4) is 16.9 Å². The summed E-state index contributed by atoms with van der Waals surface area (Å²) in [4.78, 5) is 14.1. The Kier molecular flexibility index (Phi) is 4.81. The molecule has 1 heterocycles. The van der Waals surface area contributed by atoms with Gasteiger partial charge in [-0.15, -0.1) is 0 Å². The Morgan fingerprint density at radius 3 is 2.21 bits per heavy atom. The van der Waals surface area contributed by atoms with E-state index in [9.17, 15) is 31.1 Å². The van der Waals surface area contributed by atoms with Crippen molar-refractivity contribution in [1.29, 1.82) is 0 Å². The Morgan fingerprint density at radius 1 is 1.00 bits per heavy atom. The lowest BCUT2D eigenvalue weighted by molar-refractivity contribution is -0.153. The summed E-state index contributed by atoms with van der Waals surface area (Å²) in [5.41, 5.74) is -0.683. The number of carbonyl (C=O) groups excluding carboxylic acids is 1. The van der Waals surface area contributed by atoms with E-state index in [2.05, 4.69) is 9.72 Å². The van der Waals surface area contributed by atoms with Crippen LogP contribution in [-0.2, 0) is 6.18 Å². The molecule has 0 spiro atoms. The summed E-state index contributed by atoms with van der Waals surface area (Å²) in [6, 6.07) is 5.42. The number of hydrogen-bond acceptors (Lipinski definition) is 3. The Morgan fingerprint density at radius 2 is 1.71 bits per heavy atom. The van der Waals surface area contributed by atoms with E-state index in [4.69, 9.17) is 0 Å². The summed E-state index contributed by atoms with van der Waals surface area (Å²) in [5, 5.41) is 0. The maximum Gasteiger partial charge on any atom is 0.433 e. The highest BCUT2D eigenvalue weighted by Gasteiger charge is 2.32. The number of nitrogens with zero attached hydrogens (tertiary/aromatic N) is 1. The van der Waals surface area contributed by atoms with Crippen LogP contribution >= 0.6 is 0 Å². The standard InChI is InChI=1S/C15H9F6NO2/c16-14(17,18)8-24-12-4-9(7-23)3-11(5-12)10-1-2-13(22-6-10)15(19,20)21/h1-7H,8H2. The van der Waals surface area contributed by atoms with Gasteiger partial charge in [0.25, 0.3) is 0 Å². The van der Waals surface area contributed by atoms with Gasteiger partial charge in [-0.1, -0.05) is 6.07 Å². The molecule has 0 bridgehead atoms. The largest absolute Gasteiger partial charge is 0.484 e. The monoisotopic (exact) mass is 349 g/mol. The second kappa shape index (κ2) is 6.50. The van der Waals surface area contributed by atoms with Gasteiger partial charge >= 0.3 is 12.4 Å². The van der Waals surface area contributed by atoms with Crippen LogP contribution < -0.4 is 4.74 Å². The predicted molar refractivity (Wildman–Crippen MR) is 71.6 cm³/mol. The van der Waals surface area contributed by atoms with Crippen LogP contribution in [0.5, 0.6) is 5.75 Å². The minimum atomic E-state index is -4.61. The highest BCUT2D eigenvalue weighted by atomic mass is 19.4. The number of benzene rings is 1. The van der Waals surface area contributed by atoms with Crippen LogP contribution in [0.3, 0.4) is 0 Å². The third-order valence-electron chi connectivity index (χ3n) is 2.85. The first-order chi connectivity index (χ1) is 11.1. The molecule has 1 aromatic carbocycles. The lowest BCUT2D eigenvalue weighted by atomic mass is 10.0. The van der Waals surface area contributed by atoms with Crippen molar-refractivity contribution in [3.05, 3.63) is 47.8 Å². The van der Waals surface area contributed by atoms with Gasteiger partial charge in [0.15, 0.2) is 6.61 Å². The summed E-state index contributed by atoms with van der Waals surface area (Å²) in [6.07, 6.45) is -7.86. The number of hydrogen-bond donors (Lipinski definition) is 0. The number of ether oxygens (including phenoxy) is 1. The topological polar surface area (TPSA) is 39.2 Å². The van der Waals surface area contributed by atoms with E-state index in [1.807, 2.05) is 0 Å². The second-order valence-electron chi connectivity index (χ2n) is 4.74. The van der Waals surface area contributed by atoms with Gasteiger partial charge in [0.2, 0.25) is 0 Å². The van der Waals surface area contributed by atoms with E-state index in [1.54, 1.807) is 0 Å². The third kappa shape index (κ3) is 4.71. The molecule has 0 amide bonds. The number of pyridine rings is 1. The number of halogens is 6. The zero-order chi connectivity index (χ0) is 18.0. The molecule has 0 aliphatic carbocycles. The van der Waals surface area contributed by atoms with Crippen molar-refractivity contribution in [2.45, 2.75) is 12.4 Å². The SMILES string of the molecule is O=Cc1cc(OCC(F)(F)F)cc(-c2ccc(C(F)(F)F)nc2)c1. The summed E-state index contributed by atoms with van der Waals surface area (Å²) in [6.45, 7) is -1.56. The number of alkyl halides is 6. The normalized spacial score (nSPS) is 12.1. The molecule has 0 N–H and O–H groups in total. The molecule has 2 aromatic rings. The molecular formula is C15H9F6NO2. The predicted octanol–water partition coefficient (Wildman–Crippen LogP) is 4.52. The molecule has 9 heteroatoms. The molecule has 0 saturated heterocycles. The molecule has 0 aliphatic rings. The Bertz CT molecular complexity index is 722. The zero-order valence-electron chi connectivity index (χ0n) is 11.8. The van der Waals surface area contributed by atoms with Gasteiger partial charge in [-0.3, -0.25) is 9.78 Å². The quantitative estimate of drug-likeness (QED) is 0.602. The molecular weight excluding hydrogens is 340 g/mol. The van der Waals surface area contributed by atoms with E-state index in [0.29, 0.717) is 6.29 Å². The molecule has 3 nitrogen and oxygen atoms in total. The molecule has 0 aliphatic heterocycles. The van der Waals surface area contributed by atoms with E-state index >= 15 is 0 Å². The van der Waals surface area contributed by atoms with E-state index in [0.717, 1.165) is 24.4 Å². The van der Waals surface area contributed by atoms with Crippen LogP contribution in [0.2, 0.25) is 0 Å². The van der Waals surface area contributed by atoms with Crippen molar-refractivity contribution in [2.24, 2.45) is 0 Å². The van der Waals surface area contributed by atoms with Gasteiger partial charge in [0, 0.05) is 17.3 Å². The van der Waals surface area contributed by atoms with Gasteiger partial charge in [0.05, 0.1) is 0 Å². The van der Waals surface area contributed by atoms with Crippen LogP contribution in [0.25, 0.3) is 11.1 Å². The Labute approximate surface area is 131 Å². The van der Waals surface area contributed by atoms with E-state index in [1.165, 1.54) is 12.1 Å². The second-order valence-corrected chi connectivity index (χ2v) is 4.74. The fourth-order valence-electron chi connectivity index (χ4n) is 1.84. The molecule has 0 saturated carbocycles. The number of aldehydes is 1. The van der Waals surface area contributed by atoms with Gasteiger partial charge in [-0.2, -0.15) is 26.3 Å². The lowest BCUT2D eigenvalue weighted by Crippen LogP contribution is -2.19. The average molecular weight is 349 g/mol. The first kappa shape index (κ1) is 17.8. The van der Waals surface area contributed by atoms with Crippen molar-refractivity contribution >= 4 is 6.29 Å². The van der Waals surface area contributed by atoms with Crippen molar-refractivity contribution in [3.63, 3.8) is 0 Å². The highest BCUT2D eigenvalue weighted by Crippen LogP contribution is 2.30. The summed E-state index contributed by atoms with van der Waals surface area (Å²) in [5.74, 6) is -0.230. The molecule has 0 radical (unpaired) electrons. The molecule has 0 unspecified atom stereocenters. The van der Waals surface area contributed by atoms with Crippen LogP contribution in [0, 0.1) is 0 Å². The number of carbonyl (C=O) groups is 1. The number of rotatable bonds is 4. The van der Waals surface area contributed by atoms with Gasteiger partial charge in [-0.05, 0) is 29.8 Å². The molecule has 128 valence electrons. The zero-order valence-corrected chi connectivity index (χ0v) is 11.8. The molecule has 0 fully saturated rings. The van der Waals surface area contributed by atoms with Crippen LogP contribution in [0.4, 0.5) is 26.3 Å². The molecule has 24 heavy (non-hydrogen) atoms. The Hall–Kier alpha value is -2.58. The minimum Gasteiger partial charge on any atom is -0.484 e. The van der Waals surface area contributed by atoms with E-state index in [-0.39, 0.29) is 22.4 Å². The third-order valence-corrected chi connectivity index (χ3v) is 2.85. The van der Waals surface area contributed by atoms with Crippen LogP contribution in [0.1, 0.15) is 16.1 Å². The molecule has 1 aromatic heterocycles. The summed E-state index contributed by atoms with van der Waals surface area (Å²) < 4.78 is 78.6. The van der Waals surface area contributed by atoms with Gasteiger partial charge < -0.3 is 4.74 Å². The number of aromatic nitrogens is 1. The maximum absolute atomic E-state index is 12.5. The van der Waals surface area contributed by atoms with Crippen molar-refractivity contribution in [1.82, 2.24) is 4.98 Å². The van der Waals surface area contributed by atoms with Crippen molar-refractivity contribution < 1.29 is 35.9 Å². The molecule has 2 rings (SSSR count). The Balaban J connectivity index is 2.34. The smallest absolute Gasteiger partial charge is 0.433 e. The lowest BCUT2D eigenvalue weighted by Gasteiger charge is -2.12. The first-order valence-electron chi connectivity index (χ1n) is 6.42. The molecule has 0 atom stereocenters. The van der Waals surface area contributed by atoms with Crippen LogP contribution in [0.15, 0.2) is 36.5 Å². The maximum atomic E-state index is 12.5. The summed E-state index contributed by atoms with van der Waals surface area (Å²) in [7, 11) is 0. The first-order valence-corrected chi connectivity index (χ1v) is 6.42. The van der Waals surface area contributed by atoms with Gasteiger partial charge in [0.1, 0.15) is 17.7 Å². The average Bonchev–Trinajstić information content (AvgIpc) is 2.51. The fraction of sp³-hybridized carbons (Fsp3) is 0.200. The van der Waals surface area contributed by atoms with Crippen molar-refractivity contribution in [2.75, 3.05) is 6.61 Å². The van der Waals surface area contributed by atoms with Crippen LogP contribution in [-0.4, -0.2) is 24.1 Å².